The number of fused-ring (bicyclic) bond motifs is 1. The van der Waals surface area contributed by atoms with Crippen molar-refractivity contribution in [1.29, 1.82) is 0 Å². The molecule has 1 aromatic heterocycles. The predicted molar refractivity (Wildman–Crippen MR) is 111 cm³/mol. The molecule has 1 aliphatic rings. The monoisotopic (exact) mass is 406 g/mol. The van der Waals surface area contributed by atoms with Gasteiger partial charge in [0.25, 0.3) is 0 Å². The first-order valence-corrected chi connectivity index (χ1v) is 9.56. The van der Waals surface area contributed by atoms with Crippen LogP contribution in [-0.4, -0.2) is 39.6 Å². The molecular formula is C22H22N4O4. The van der Waals surface area contributed by atoms with E-state index in [0.29, 0.717) is 23.0 Å². The van der Waals surface area contributed by atoms with E-state index in [1.807, 2.05) is 31.2 Å². The average Bonchev–Trinajstić information content (AvgIpc) is 3.17. The Morgan fingerprint density at radius 1 is 1.17 bits per heavy atom. The third-order valence-corrected chi connectivity index (χ3v) is 4.90. The first kappa shape index (κ1) is 19.5. The van der Waals surface area contributed by atoms with Gasteiger partial charge in [-0.25, -0.2) is 9.48 Å². The minimum Gasteiger partial charge on any atom is -0.508 e. The maximum Gasteiger partial charge on any atom is 0.338 e. The van der Waals surface area contributed by atoms with Crippen LogP contribution in [0.1, 0.15) is 25.5 Å². The van der Waals surface area contributed by atoms with Gasteiger partial charge in [-0.3, -0.25) is 0 Å². The number of ether oxygens (including phenoxy) is 2. The van der Waals surface area contributed by atoms with Crippen molar-refractivity contribution in [3.8, 4) is 22.9 Å². The Bertz CT molecular complexity index is 1100. The Morgan fingerprint density at radius 2 is 1.87 bits per heavy atom. The third-order valence-electron chi connectivity index (χ3n) is 4.90. The number of nitrogens with zero attached hydrogens (tertiary/aromatic N) is 3. The number of hydrogen-bond donors (Lipinski definition) is 2. The van der Waals surface area contributed by atoms with Crippen LogP contribution in [-0.2, 0) is 9.53 Å². The van der Waals surface area contributed by atoms with E-state index in [1.54, 1.807) is 43.0 Å². The minimum absolute atomic E-state index is 0.142. The summed E-state index contributed by atoms with van der Waals surface area (Å²) in [6, 6.07) is 13.6. The van der Waals surface area contributed by atoms with Crippen molar-refractivity contribution < 1.29 is 19.4 Å². The molecule has 1 aliphatic heterocycles. The molecule has 0 bridgehead atoms. The van der Waals surface area contributed by atoms with Gasteiger partial charge < -0.3 is 19.9 Å². The van der Waals surface area contributed by atoms with Crippen molar-refractivity contribution in [3.05, 3.63) is 65.4 Å². The molecule has 1 atom stereocenters. The average molecular weight is 406 g/mol. The van der Waals surface area contributed by atoms with Gasteiger partial charge in [-0.15, -0.1) is 5.10 Å². The van der Waals surface area contributed by atoms with Crippen LogP contribution < -0.4 is 10.1 Å². The summed E-state index contributed by atoms with van der Waals surface area (Å²) >= 11 is 0. The lowest BCUT2D eigenvalue weighted by molar-refractivity contribution is -0.139. The molecule has 2 aromatic carbocycles. The van der Waals surface area contributed by atoms with Gasteiger partial charge >= 0.3 is 5.97 Å². The van der Waals surface area contributed by atoms with Crippen LogP contribution >= 0.6 is 0 Å². The summed E-state index contributed by atoms with van der Waals surface area (Å²) < 4.78 is 12.2. The van der Waals surface area contributed by atoms with Gasteiger partial charge in [-0.2, -0.15) is 4.98 Å². The molecule has 0 amide bonds. The molecule has 1 unspecified atom stereocenters. The normalized spacial score (nSPS) is 15.4. The van der Waals surface area contributed by atoms with E-state index in [0.717, 1.165) is 16.9 Å². The Labute approximate surface area is 173 Å². The van der Waals surface area contributed by atoms with Crippen LogP contribution in [0.3, 0.4) is 0 Å². The molecule has 0 saturated carbocycles. The minimum atomic E-state index is -0.541. The number of anilines is 1. The highest BCUT2D eigenvalue weighted by molar-refractivity contribution is 5.92. The van der Waals surface area contributed by atoms with Gasteiger partial charge in [-0.05, 0) is 55.8 Å². The second-order valence-electron chi connectivity index (χ2n) is 6.81. The van der Waals surface area contributed by atoms with Crippen LogP contribution in [0.15, 0.2) is 59.8 Å². The highest BCUT2D eigenvalue weighted by atomic mass is 16.5. The number of nitrogens with one attached hydrogen (secondary N) is 1. The van der Waals surface area contributed by atoms with Crippen LogP contribution in [0.5, 0.6) is 11.5 Å². The van der Waals surface area contributed by atoms with E-state index >= 15 is 0 Å². The van der Waals surface area contributed by atoms with Gasteiger partial charge in [0, 0.05) is 11.3 Å². The highest BCUT2D eigenvalue weighted by Crippen LogP contribution is 2.37. The van der Waals surface area contributed by atoms with E-state index in [2.05, 4.69) is 15.4 Å². The zero-order valence-corrected chi connectivity index (χ0v) is 16.9. The predicted octanol–water partition coefficient (Wildman–Crippen LogP) is 3.51. The maximum absolute atomic E-state index is 12.8. The lowest BCUT2D eigenvalue weighted by atomic mass is 9.96. The van der Waals surface area contributed by atoms with E-state index in [1.165, 1.54) is 0 Å². The molecular weight excluding hydrogens is 384 g/mol. The number of phenols is 1. The maximum atomic E-state index is 12.8. The van der Waals surface area contributed by atoms with Crippen LogP contribution in [0.2, 0.25) is 0 Å². The second kappa shape index (κ2) is 7.90. The zero-order valence-electron chi connectivity index (χ0n) is 16.9. The molecule has 0 fully saturated rings. The number of rotatable bonds is 5. The Balaban J connectivity index is 1.82. The SMILES string of the molecule is CCOC(=O)C1=C(C)Nc2nc(-c3ccc(OC)cc3)nn2C1c1ccc(O)cc1. The molecule has 8 heteroatoms. The number of benzene rings is 2. The number of phenolic OH excluding ortho intramolecular Hbond substituents is 1. The lowest BCUT2D eigenvalue weighted by Gasteiger charge is -2.28. The number of methoxy groups -OCH3 is 1. The molecule has 0 saturated heterocycles. The highest BCUT2D eigenvalue weighted by Gasteiger charge is 2.35. The summed E-state index contributed by atoms with van der Waals surface area (Å²) in [6.07, 6.45) is 0. The zero-order chi connectivity index (χ0) is 21.3. The Hall–Kier alpha value is -3.81. The summed E-state index contributed by atoms with van der Waals surface area (Å²) in [7, 11) is 1.61. The summed E-state index contributed by atoms with van der Waals surface area (Å²) in [5, 5.41) is 17.5. The summed E-state index contributed by atoms with van der Waals surface area (Å²) in [6.45, 7) is 3.84. The number of aromatic hydroxyl groups is 1. The van der Waals surface area contributed by atoms with E-state index in [-0.39, 0.29) is 12.4 Å². The van der Waals surface area contributed by atoms with Crippen molar-refractivity contribution in [1.82, 2.24) is 14.8 Å². The molecule has 30 heavy (non-hydrogen) atoms. The quantitative estimate of drug-likeness (QED) is 0.626. The van der Waals surface area contributed by atoms with Gasteiger partial charge in [0.15, 0.2) is 5.82 Å². The van der Waals surface area contributed by atoms with Crippen molar-refractivity contribution in [2.24, 2.45) is 0 Å². The van der Waals surface area contributed by atoms with Crippen molar-refractivity contribution in [3.63, 3.8) is 0 Å². The van der Waals surface area contributed by atoms with E-state index in [9.17, 15) is 9.90 Å². The fourth-order valence-corrected chi connectivity index (χ4v) is 3.45. The third kappa shape index (κ3) is 3.47. The Kier molecular flexibility index (Phi) is 5.14. The second-order valence-corrected chi connectivity index (χ2v) is 6.81. The number of esters is 1. The van der Waals surface area contributed by atoms with Crippen molar-refractivity contribution in [2.45, 2.75) is 19.9 Å². The van der Waals surface area contributed by atoms with Crippen molar-refractivity contribution in [2.75, 3.05) is 19.0 Å². The topological polar surface area (TPSA) is 98.5 Å². The summed E-state index contributed by atoms with van der Waals surface area (Å²) in [5.74, 6) is 1.49. The lowest BCUT2D eigenvalue weighted by Crippen LogP contribution is -2.29. The van der Waals surface area contributed by atoms with Gasteiger partial charge in [0.05, 0.1) is 19.3 Å². The van der Waals surface area contributed by atoms with Gasteiger partial charge in [0.2, 0.25) is 5.95 Å². The molecule has 3 aromatic rings. The smallest absolute Gasteiger partial charge is 0.338 e. The first-order valence-electron chi connectivity index (χ1n) is 9.56. The standard InChI is InChI=1S/C22H22N4O4/c1-4-30-21(28)18-13(2)23-22-24-20(15-7-11-17(29-3)12-8-15)25-26(22)19(18)14-5-9-16(27)10-6-14/h5-12,19,27H,4H2,1-3H3,(H,23,24,25). The van der Waals surface area contributed by atoms with E-state index < -0.39 is 12.0 Å². The van der Waals surface area contributed by atoms with Crippen LogP contribution in [0.25, 0.3) is 11.4 Å². The fraction of sp³-hybridized carbons (Fsp3) is 0.227. The molecule has 8 nitrogen and oxygen atoms in total. The van der Waals surface area contributed by atoms with Crippen LogP contribution in [0.4, 0.5) is 5.95 Å². The Morgan fingerprint density at radius 3 is 2.50 bits per heavy atom. The molecule has 2 heterocycles. The number of hydrogen-bond acceptors (Lipinski definition) is 7. The van der Waals surface area contributed by atoms with E-state index in [4.69, 9.17) is 9.47 Å². The molecule has 0 aliphatic carbocycles. The number of carbonyl (C=O) groups excluding carboxylic acids is 1. The molecule has 0 spiro atoms. The summed E-state index contributed by atoms with van der Waals surface area (Å²) in [5.41, 5.74) is 2.69. The number of aromatic nitrogens is 3. The fourth-order valence-electron chi connectivity index (χ4n) is 3.45. The number of carbonyl (C=O) groups is 1. The van der Waals surface area contributed by atoms with Crippen molar-refractivity contribution >= 4 is 11.9 Å². The summed E-state index contributed by atoms with van der Waals surface area (Å²) in [4.78, 5) is 17.4. The largest absolute Gasteiger partial charge is 0.508 e. The first-order chi connectivity index (χ1) is 14.5. The van der Waals surface area contributed by atoms with Crippen LogP contribution in [0, 0.1) is 0 Å². The molecule has 154 valence electrons. The number of allylic oxidation sites excluding steroid dienone is 1. The molecule has 4 rings (SSSR count). The molecule has 0 radical (unpaired) electrons. The van der Waals surface area contributed by atoms with Gasteiger partial charge in [0.1, 0.15) is 17.5 Å². The molecule has 2 N–H and O–H groups in total. The van der Waals surface area contributed by atoms with Gasteiger partial charge in [-0.1, -0.05) is 12.1 Å².